The maximum absolute atomic E-state index is 11.9. The van der Waals surface area contributed by atoms with Crippen molar-refractivity contribution in [2.45, 2.75) is 6.54 Å². The van der Waals surface area contributed by atoms with Gasteiger partial charge in [0.1, 0.15) is 0 Å². The average Bonchev–Trinajstić information content (AvgIpc) is 2.81. The molecule has 2 aromatic heterocycles. The van der Waals surface area contributed by atoms with Gasteiger partial charge in [0.15, 0.2) is 17.5 Å². The van der Waals surface area contributed by atoms with Crippen LogP contribution in [0, 0.1) is 0 Å². The van der Waals surface area contributed by atoms with Gasteiger partial charge in [-0.1, -0.05) is 29.5 Å². The molecule has 0 radical (unpaired) electrons. The first-order valence-corrected chi connectivity index (χ1v) is 6.72. The second-order valence-electron chi connectivity index (χ2n) is 4.08. The zero-order valence-corrected chi connectivity index (χ0v) is 12.1. The predicted octanol–water partition coefficient (Wildman–Crippen LogP) is -0.773. The Kier molecular flexibility index (Phi) is 4.65. The lowest BCUT2D eigenvalue weighted by Crippen LogP contribution is -3.00. The molecule has 0 bridgehead atoms. The summed E-state index contributed by atoms with van der Waals surface area (Å²) in [5.74, 6) is -0.0738. The first kappa shape index (κ1) is 14.4. The fourth-order valence-corrected chi connectivity index (χ4v) is 2.67. The zero-order valence-electron chi connectivity index (χ0n) is 10.5. The molecule has 0 unspecified atom stereocenters. The molecule has 3 rings (SSSR count). The van der Waals surface area contributed by atoms with E-state index < -0.39 is 0 Å². The number of halogens is 1. The number of fused-ring (bicyclic) bond motifs is 1. The zero-order chi connectivity index (χ0) is 13.1. The van der Waals surface area contributed by atoms with Crippen molar-refractivity contribution < 1.29 is 21.8 Å². The molecule has 3 aromatic rings. The third-order valence-corrected chi connectivity index (χ3v) is 3.60. The Morgan fingerprint density at radius 2 is 1.90 bits per heavy atom. The van der Waals surface area contributed by atoms with Crippen LogP contribution in [-0.4, -0.2) is 10.9 Å². The summed E-state index contributed by atoms with van der Waals surface area (Å²) in [4.78, 5) is 16.3. The largest absolute Gasteiger partial charge is 1.00 e. The minimum Gasteiger partial charge on any atom is -1.00 e. The van der Waals surface area contributed by atoms with Crippen molar-refractivity contribution in [1.82, 2.24) is 4.98 Å². The average molecular weight is 306 g/mol. The van der Waals surface area contributed by atoms with Crippen LogP contribution in [0.15, 0.2) is 54.9 Å². The Labute approximate surface area is 126 Å². The summed E-state index contributed by atoms with van der Waals surface area (Å²) in [6.07, 6.45) is 3.72. The SMILES string of the molecule is O=C(C[n+]1ccccc1)Nc1nc2ccccc2s1.[Cl-]. The molecule has 0 fully saturated rings. The van der Waals surface area contributed by atoms with E-state index in [0.29, 0.717) is 5.13 Å². The summed E-state index contributed by atoms with van der Waals surface area (Å²) in [5.41, 5.74) is 0.912. The fraction of sp³-hybridized carbons (Fsp3) is 0.0714. The van der Waals surface area contributed by atoms with E-state index >= 15 is 0 Å². The van der Waals surface area contributed by atoms with Gasteiger partial charge < -0.3 is 12.4 Å². The lowest BCUT2D eigenvalue weighted by Gasteiger charge is -1.97. The Balaban J connectivity index is 0.00000147. The highest BCUT2D eigenvalue weighted by molar-refractivity contribution is 7.22. The Hall–Kier alpha value is -1.98. The van der Waals surface area contributed by atoms with Gasteiger partial charge in [-0.25, -0.2) is 4.98 Å². The summed E-state index contributed by atoms with van der Waals surface area (Å²) in [6.45, 7) is 0.288. The highest BCUT2D eigenvalue weighted by Gasteiger charge is 2.11. The maximum Gasteiger partial charge on any atom is 0.292 e. The van der Waals surface area contributed by atoms with Gasteiger partial charge in [0.25, 0.3) is 5.91 Å². The molecule has 0 spiro atoms. The number of hydrogen-bond acceptors (Lipinski definition) is 3. The minimum atomic E-state index is -0.0738. The fourth-order valence-electron chi connectivity index (χ4n) is 1.79. The molecule has 0 aliphatic heterocycles. The summed E-state index contributed by atoms with van der Waals surface area (Å²) >= 11 is 1.48. The van der Waals surface area contributed by atoms with E-state index in [-0.39, 0.29) is 24.9 Å². The van der Waals surface area contributed by atoms with E-state index in [2.05, 4.69) is 10.3 Å². The van der Waals surface area contributed by atoms with Crippen molar-refractivity contribution in [3.05, 3.63) is 54.9 Å². The second kappa shape index (κ2) is 6.45. The Morgan fingerprint density at radius 3 is 2.65 bits per heavy atom. The van der Waals surface area contributed by atoms with Gasteiger partial charge in [-0.15, -0.1) is 0 Å². The number of carbonyl (C=O) groups excluding carboxylic acids is 1. The van der Waals surface area contributed by atoms with Crippen LogP contribution < -0.4 is 22.3 Å². The molecule has 1 aromatic carbocycles. The molecule has 0 atom stereocenters. The van der Waals surface area contributed by atoms with E-state index in [1.807, 2.05) is 59.4 Å². The number of hydrogen-bond donors (Lipinski definition) is 1. The summed E-state index contributed by atoms with van der Waals surface area (Å²) in [7, 11) is 0. The van der Waals surface area contributed by atoms with E-state index in [4.69, 9.17) is 0 Å². The van der Waals surface area contributed by atoms with Crippen LogP contribution in [0.1, 0.15) is 0 Å². The monoisotopic (exact) mass is 305 g/mol. The molecule has 2 heterocycles. The quantitative estimate of drug-likeness (QED) is 0.646. The number of benzene rings is 1. The van der Waals surface area contributed by atoms with Gasteiger partial charge in [0.2, 0.25) is 6.54 Å². The molecule has 0 saturated heterocycles. The first-order valence-electron chi connectivity index (χ1n) is 5.91. The normalized spacial score (nSPS) is 10.0. The van der Waals surface area contributed by atoms with Crippen molar-refractivity contribution in [2.75, 3.05) is 5.32 Å². The Bertz CT molecular complexity index is 682. The molecule has 0 aliphatic carbocycles. The van der Waals surface area contributed by atoms with Gasteiger partial charge in [-0.05, 0) is 12.1 Å². The van der Waals surface area contributed by atoms with Crippen LogP contribution in [-0.2, 0) is 11.3 Å². The molecule has 4 nitrogen and oxygen atoms in total. The van der Waals surface area contributed by atoms with Crippen LogP contribution in [0.2, 0.25) is 0 Å². The molecule has 20 heavy (non-hydrogen) atoms. The van der Waals surface area contributed by atoms with E-state index in [9.17, 15) is 4.79 Å². The standard InChI is InChI=1S/C14H11N3OS.ClH/c18-13(10-17-8-4-1-5-9-17)16-14-15-11-6-2-3-7-12(11)19-14;/h1-9H,10H2;1H. The maximum atomic E-state index is 11.9. The number of nitrogens with one attached hydrogen (secondary N) is 1. The van der Waals surface area contributed by atoms with Gasteiger partial charge in [-0.2, -0.15) is 4.57 Å². The third-order valence-electron chi connectivity index (χ3n) is 2.64. The van der Waals surface area contributed by atoms with Gasteiger partial charge >= 0.3 is 0 Å². The number of pyridine rings is 1. The van der Waals surface area contributed by atoms with Crippen LogP contribution in [0.25, 0.3) is 10.2 Å². The van der Waals surface area contributed by atoms with Crippen molar-refractivity contribution in [1.29, 1.82) is 0 Å². The number of aromatic nitrogens is 2. The molecule has 0 saturated carbocycles. The number of para-hydroxylation sites is 1. The van der Waals surface area contributed by atoms with Crippen molar-refractivity contribution in [3.63, 3.8) is 0 Å². The smallest absolute Gasteiger partial charge is 0.292 e. The number of nitrogens with zero attached hydrogens (tertiary/aromatic N) is 2. The van der Waals surface area contributed by atoms with E-state index in [0.717, 1.165) is 10.2 Å². The highest BCUT2D eigenvalue weighted by atomic mass is 35.5. The molecule has 1 amide bonds. The summed E-state index contributed by atoms with van der Waals surface area (Å²) < 4.78 is 2.90. The molecular formula is C14H12ClN3OS. The molecule has 0 aliphatic rings. The second-order valence-corrected chi connectivity index (χ2v) is 5.11. The van der Waals surface area contributed by atoms with E-state index in [1.54, 1.807) is 0 Å². The van der Waals surface area contributed by atoms with Crippen LogP contribution in [0.4, 0.5) is 5.13 Å². The van der Waals surface area contributed by atoms with Crippen LogP contribution >= 0.6 is 11.3 Å². The minimum absolute atomic E-state index is 0. The molecule has 1 N–H and O–H groups in total. The topological polar surface area (TPSA) is 45.9 Å². The first-order chi connectivity index (χ1) is 9.31. The van der Waals surface area contributed by atoms with Crippen LogP contribution in [0.5, 0.6) is 0 Å². The summed E-state index contributed by atoms with van der Waals surface area (Å²) in [6, 6.07) is 13.5. The van der Waals surface area contributed by atoms with Crippen LogP contribution in [0.3, 0.4) is 0 Å². The summed E-state index contributed by atoms with van der Waals surface area (Å²) in [5, 5.41) is 3.47. The van der Waals surface area contributed by atoms with Gasteiger partial charge in [-0.3, -0.25) is 10.1 Å². The van der Waals surface area contributed by atoms with Crippen molar-refractivity contribution in [3.8, 4) is 0 Å². The van der Waals surface area contributed by atoms with Gasteiger partial charge in [0, 0.05) is 12.1 Å². The number of thiazole rings is 1. The number of amides is 1. The Morgan fingerprint density at radius 1 is 1.15 bits per heavy atom. The van der Waals surface area contributed by atoms with Crippen molar-refractivity contribution in [2.24, 2.45) is 0 Å². The molecule has 102 valence electrons. The number of carbonyl (C=O) groups is 1. The highest BCUT2D eigenvalue weighted by Crippen LogP contribution is 2.25. The van der Waals surface area contributed by atoms with E-state index in [1.165, 1.54) is 11.3 Å². The van der Waals surface area contributed by atoms with Crippen molar-refractivity contribution >= 4 is 32.6 Å². The third kappa shape index (κ3) is 3.31. The lowest BCUT2D eigenvalue weighted by atomic mass is 10.3. The predicted molar refractivity (Wildman–Crippen MR) is 74.9 cm³/mol. The number of anilines is 1. The lowest BCUT2D eigenvalue weighted by molar-refractivity contribution is -0.684. The van der Waals surface area contributed by atoms with Gasteiger partial charge in [0.05, 0.1) is 10.2 Å². The molecule has 6 heteroatoms. The molecular weight excluding hydrogens is 294 g/mol. The number of rotatable bonds is 3.